The largest absolute Gasteiger partial charge is 0.389 e. The summed E-state index contributed by atoms with van der Waals surface area (Å²) in [5.74, 6) is 0. The van der Waals surface area contributed by atoms with Gasteiger partial charge in [0.15, 0.2) is 0 Å². The van der Waals surface area contributed by atoms with Crippen LogP contribution in [0, 0.1) is 0 Å². The summed E-state index contributed by atoms with van der Waals surface area (Å²) in [5.41, 5.74) is 0. The molecule has 0 aliphatic carbocycles. The summed E-state index contributed by atoms with van der Waals surface area (Å²) in [6, 6.07) is 0. The molecule has 0 aromatic heterocycles. The number of ether oxygens (including phenoxy) is 1. The van der Waals surface area contributed by atoms with Crippen molar-refractivity contribution in [2.45, 2.75) is 45.3 Å². The molecule has 1 heterocycles. The summed E-state index contributed by atoms with van der Waals surface area (Å²) in [7, 11) is 0. The molecule has 3 nitrogen and oxygen atoms in total. The number of hydrogen-bond acceptors (Lipinski definition) is 3. The van der Waals surface area contributed by atoms with Crippen molar-refractivity contribution < 1.29 is 9.84 Å². The van der Waals surface area contributed by atoms with Crippen LogP contribution in [0.5, 0.6) is 0 Å². The predicted molar refractivity (Wildman–Crippen MR) is 57.4 cm³/mol. The van der Waals surface area contributed by atoms with E-state index < -0.39 is 0 Å². The van der Waals surface area contributed by atoms with Gasteiger partial charge in [0.05, 0.1) is 18.8 Å². The van der Waals surface area contributed by atoms with E-state index in [4.69, 9.17) is 4.74 Å². The van der Waals surface area contributed by atoms with Crippen molar-refractivity contribution in [2.24, 2.45) is 0 Å². The molecule has 1 aliphatic rings. The Balaban J connectivity index is 2.09. The first kappa shape index (κ1) is 12.0. The Kier molecular flexibility index (Phi) is 5.45. The number of aliphatic hydroxyl groups excluding tert-OH is 1. The maximum absolute atomic E-state index is 9.68. The zero-order valence-corrected chi connectivity index (χ0v) is 9.41. The monoisotopic (exact) mass is 201 g/mol. The van der Waals surface area contributed by atoms with Gasteiger partial charge in [-0.1, -0.05) is 6.42 Å². The minimum atomic E-state index is -0.324. The van der Waals surface area contributed by atoms with Crippen LogP contribution in [0.15, 0.2) is 0 Å². The molecule has 0 unspecified atom stereocenters. The number of piperidine rings is 1. The molecular formula is C11H23NO2. The predicted octanol–water partition coefficient (Wildman–Crippen LogP) is 1.26. The van der Waals surface area contributed by atoms with Crippen LogP contribution in [0.25, 0.3) is 0 Å². The maximum Gasteiger partial charge on any atom is 0.0900 e. The highest BCUT2D eigenvalue weighted by Gasteiger charge is 2.14. The second-order valence-corrected chi connectivity index (χ2v) is 4.40. The van der Waals surface area contributed by atoms with Crippen LogP contribution >= 0.6 is 0 Å². The lowest BCUT2D eigenvalue weighted by atomic mass is 10.1. The Morgan fingerprint density at radius 3 is 2.43 bits per heavy atom. The van der Waals surface area contributed by atoms with E-state index in [2.05, 4.69) is 4.90 Å². The first-order valence-electron chi connectivity index (χ1n) is 5.70. The van der Waals surface area contributed by atoms with E-state index in [0.29, 0.717) is 6.61 Å². The average Bonchev–Trinajstić information content (AvgIpc) is 2.16. The fourth-order valence-electron chi connectivity index (χ4n) is 1.80. The van der Waals surface area contributed by atoms with Crippen molar-refractivity contribution in [2.75, 3.05) is 26.2 Å². The van der Waals surface area contributed by atoms with Crippen LogP contribution in [-0.4, -0.2) is 48.5 Å². The molecule has 0 radical (unpaired) electrons. The summed E-state index contributed by atoms with van der Waals surface area (Å²) in [6.07, 6.45) is 3.78. The Morgan fingerprint density at radius 1 is 1.21 bits per heavy atom. The fraction of sp³-hybridized carbons (Fsp3) is 1.00. The summed E-state index contributed by atoms with van der Waals surface area (Å²) in [5, 5.41) is 9.68. The lowest BCUT2D eigenvalue weighted by Gasteiger charge is -2.28. The highest BCUT2D eigenvalue weighted by Crippen LogP contribution is 2.09. The quantitative estimate of drug-likeness (QED) is 0.727. The van der Waals surface area contributed by atoms with E-state index in [9.17, 15) is 5.11 Å². The molecule has 84 valence electrons. The summed E-state index contributed by atoms with van der Waals surface area (Å²) in [4.78, 5) is 2.33. The maximum atomic E-state index is 9.68. The van der Waals surface area contributed by atoms with Gasteiger partial charge in [0, 0.05) is 6.54 Å². The van der Waals surface area contributed by atoms with Crippen molar-refractivity contribution in [1.82, 2.24) is 4.90 Å². The standard InChI is InChI=1S/C11H23NO2/c1-10(2)14-9-11(13)8-12-6-4-3-5-7-12/h10-11,13H,3-9H2,1-2H3/t11-/m1/s1. The van der Waals surface area contributed by atoms with Crippen LogP contribution < -0.4 is 0 Å². The van der Waals surface area contributed by atoms with E-state index in [0.717, 1.165) is 19.6 Å². The molecule has 0 bridgehead atoms. The topological polar surface area (TPSA) is 32.7 Å². The van der Waals surface area contributed by atoms with Gasteiger partial charge < -0.3 is 14.7 Å². The van der Waals surface area contributed by atoms with Crippen molar-refractivity contribution >= 4 is 0 Å². The molecule has 0 aromatic carbocycles. The van der Waals surface area contributed by atoms with E-state index in [1.54, 1.807) is 0 Å². The van der Waals surface area contributed by atoms with Crippen molar-refractivity contribution in [1.29, 1.82) is 0 Å². The second kappa shape index (κ2) is 6.38. The van der Waals surface area contributed by atoms with Gasteiger partial charge in [0.2, 0.25) is 0 Å². The Hall–Kier alpha value is -0.120. The molecule has 0 amide bonds. The number of rotatable bonds is 5. The van der Waals surface area contributed by atoms with E-state index in [1.807, 2.05) is 13.8 Å². The molecule has 1 aliphatic heterocycles. The minimum absolute atomic E-state index is 0.214. The number of likely N-dealkylation sites (tertiary alicyclic amines) is 1. The van der Waals surface area contributed by atoms with Crippen molar-refractivity contribution in [3.05, 3.63) is 0 Å². The highest BCUT2D eigenvalue weighted by atomic mass is 16.5. The molecule has 0 spiro atoms. The first-order valence-corrected chi connectivity index (χ1v) is 5.70. The van der Waals surface area contributed by atoms with Crippen molar-refractivity contribution in [3.8, 4) is 0 Å². The molecule has 0 aromatic rings. The molecule has 1 fully saturated rings. The molecular weight excluding hydrogens is 178 g/mol. The highest BCUT2D eigenvalue weighted by molar-refractivity contribution is 4.68. The number of β-amino-alcohol motifs (C(OH)–C–C–N with tert-alkyl or cyclic N) is 1. The molecule has 1 rings (SSSR count). The zero-order chi connectivity index (χ0) is 10.4. The third-order valence-electron chi connectivity index (χ3n) is 2.54. The Bertz CT molecular complexity index is 144. The molecule has 1 N–H and O–H groups in total. The Morgan fingerprint density at radius 2 is 1.86 bits per heavy atom. The lowest BCUT2D eigenvalue weighted by molar-refractivity contribution is -0.0105. The van der Waals surface area contributed by atoms with Gasteiger partial charge in [0.1, 0.15) is 0 Å². The number of aliphatic hydroxyl groups is 1. The van der Waals surface area contributed by atoms with Crippen LogP contribution in [0.4, 0.5) is 0 Å². The molecule has 3 heteroatoms. The molecule has 1 atom stereocenters. The summed E-state index contributed by atoms with van der Waals surface area (Å²) < 4.78 is 5.37. The van der Waals surface area contributed by atoms with Crippen LogP contribution in [0.3, 0.4) is 0 Å². The van der Waals surface area contributed by atoms with Gasteiger partial charge in [-0.2, -0.15) is 0 Å². The van der Waals surface area contributed by atoms with Gasteiger partial charge in [-0.05, 0) is 39.8 Å². The van der Waals surface area contributed by atoms with Crippen LogP contribution in [0.1, 0.15) is 33.1 Å². The number of nitrogens with zero attached hydrogens (tertiary/aromatic N) is 1. The van der Waals surface area contributed by atoms with Gasteiger partial charge in [-0.3, -0.25) is 0 Å². The zero-order valence-electron chi connectivity index (χ0n) is 9.41. The first-order chi connectivity index (χ1) is 6.68. The molecule has 0 saturated carbocycles. The summed E-state index contributed by atoms with van der Waals surface area (Å²) >= 11 is 0. The molecule has 1 saturated heterocycles. The van der Waals surface area contributed by atoms with Gasteiger partial charge >= 0.3 is 0 Å². The van der Waals surface area contributed by atoms with E-state index in [1.165, 1.54) is 19.3 Å². The van der Waals surface area contributed by atoms with Crippen LogP contribution in [-0.2, 0) is 4.74 Å². The summed E-state index contributed by atoms with van der Waals surface area (Å²) in [6.45, 7) is 7.50. The van der Waals surface area contributed by atoms with E-state index in [-0.39, 0.29) is 12.2 Å². The van der Waals surface area contributed by atoms with Gasteiger partial charge in [0.25, 0.3) is 0 Å². The van der Waals surface area contributed by atoms with Crippen LogP contribution in [0.2, 0.25) is 0 Å². The van der Waals surface area contributed by atoms with E-state index >= 15 is 0 Å². The second-order valence-electron chi connectivity index (χ2n) is 4.40. The normalized spacial score (nSPS) is 21.4. The van der Waals surface area contributed by atoms with Crippen molar-refractivity contribution in [3.63, 3.8) is 0 Å². The van der Waals surface area contributed by atoms with Gasteiger partial charge in [-0.25, -0.2) is 0 Å². The Labute approximate surface area is 87.1 Å². The lowest BCUT2D eigenvalue weighted by Crippen LogP contribution is -2.38. The third-order valence-corrected chi connectivity index (χ3v) is 2.54. The SMILES string of the molecule is CC(C)OC[C@H](O)CN1CCCCC1. The molecule has 14 heavy (non-hydrogen) atoms. The van der Waals surface area contributed by atoms with Gasteiger partial charge in [-0.15, -0.1) is 0 Å². The average molecular weight is 201 g/mol. The minimum Gasteiger partial charge on any atom is -0.389 e. The fourth-order valence-corrected chi connectivity index (χ4v) is 1.80. The smallest absolute Gasteiger partial charge is 0.0900 e. The number of hydrogen-bond donors (Lipinski definition) is 1. The third kappa shape index (κ3) is 4.94.